The molecule has 10 heavy (non-hydrogen) atoms. The average molecular weight is 140 g/mol. The molecule has 4 nitrogen and oxygen atoms in total. The minimum Gasteiger partial charge on any atom is -0.353 e. The summed E-state index contributed by atoms with van der Waals surface area (Å²) in [4.78, 5) is 4.09. The molecule has 1 rings (SSSR count). The van der Waals surface area contributed by atoms with Crippen LogP contribution in [0.2, 0.25) is 0 Å². The Morgan fingerprint density at radius 1 is 1.90 bits per heavy atom. The van der Waals surface area contributed by atoms with E-state index in [4.69, 9.17) is 0 Å². The Balaban J connectivity index is 2.18. The monoisotopic (exact) mass is 140 g/mol. The van der Waals surface area contributed by atoms with Gasteiger partial charge in [-0.3, -0.25) is 0 Å². The van der Waals surface area contributed by atoms with E-state index in [1.165, 1.54) is 0 Å². The lowest BCUT2D eigenvalue weighted by Crippen LogP contribution is -2.29. The van der Waals surface area contributed by atoms with Gasteiger partial charge < -0.3 is 5.32 Å². The largest absolute Gasteiger partial charge is 0.353 e. The second kappa shape index (κ2) is 3.87. The van der Waals surface area contributed by atoms with E-state index >= 15 is 0 Å². The first kappa shape index (κ1) is 7.05. The fraction of sp³-hybridized carbons (Fsp3) is 0.667. The highest BCUT2D eigenvalue weighted by Crippen LogP contribution is 1.80. The van der Waals surface area contributed by atoms with Crippen molar-refractivity contribution in [3.63, 3.8) is 0 Å². The van der Waals surface area contributed by atoms with E-state index < -0.39 is 0 Å². The summed E-state index contributed by atoms with van der Waals surface area (Å²) in [6, 6.07) is 0. The van der Waals surface area contributed by atoms with Crippen molar-refractivity contribution in [2.75, 3.05) is 13.1 Å². The first-order chi connectivity index (χ1) is 4.93. The molecule has 1 aliphatic heterocycles. The molecule has 0 saturated carbocycles. The Morgan fingerprint density at radius 2 is 2.80 bits per heavy atom. The maximum Gasteiger partial charge on any atom is 0.212 e. The zero-order valence-electron chi connectivity index (χ0n) is 6.09. The fourth-order valence-corrected chi connectivity index (χ4v) is 0.671. The van der Waals surface area contributed by atoms with E-state index in [-0.39, 0.29) is 0 Å². The van der Waals surface area contributed by atoms with Crippen LogP contribution in [0.15, 0.2) is 10.1 Å². The van der Waals surface area contributed by atoms with Crippen LogP contribution in [0.4, 0.5) is 0 Å². The first-order valence-electron chi connectivity index (χ1n) is 3.49. The molecule has 0 radical (unpaired) electrons. The lowest BCUT2D eigenvalue weighted by Gasteiger charge is -1.97. The van der Waals surface area contributed by atoms with Gasteiger partial charge in [-0.1, -0.05) is 6.92 Å². The third-order valence-electron chi connectivity index (χ3n) is 1.12. The van der Waals surface area contributed by atoms with E-state index in [0.29, 0.717) is 0 Å². The molecule has 0 fully saturated rings. The van der Waals surface area contributed by atoms with Gasteiger partial charge in [0, 0.05) is 12.8 Å². The third kappa shape index (κ3) is 2.05. The van der Waals surface area contributed by atoms with Crippen LogP contribution in [0.1, 0.15) is 13.3 Å². The predicted octanol–water partition coefficient (Wildman–Crippen LogP) is -0.0690. The highest BCUT2D eigenvalue weighted by Gasteiger charge is 2.00. The van der Waals surface area contributed by atoms with Gasteiger partial charge in [0.25, 0.3) is 0 Å². The van der Waals surface area contributed by atoms with E-state index in [2.05, 4.69) is 20.8 Å². The maximum absolute atomic E-state index is 4.09. The molecular formula is C6H12N4. The van der Waals surface area contributed by atoms with Gasteiger partial charge in [-0.05, 0) is 6.42 Å². The van der Waals surface area contributed by atoms with Crippen molar-refractivity contribution in [2.45, 2.75) is 13.3 Å². The molecule has 1 heterocycles. The second-order valence-corrected chi connectivity index (χ2v) is 1.99. The van der Waals surface area contributed by atoms with Gasteiger partial charge in [0.2, 0.25) is 5.96 Å². The van der Waals surface area contributed by atoms with Gasteiger partial charge in [-0.15, -0.1) is 0 Å². The summed E-state index contributed by atoms with van der Waals surface area (Å²) in [5, 5.41) is 6.94. The molecule has 1 aliphatic rings. The normalized spacial score (nSPS) is 17.1. The summed E-state index contributed by atoms with van der Waals surface area (Å²) in [5.74, 6) is 0.782. The zero-order chi connectivity index (χ0) is 7.23. The van der Waals surface area contributed by atoms with E-state index in [1.54, 1.807) is 0 Å². The molecule has 0 saturated heterocycles. The Hall–Kier alpha value is -1.06. The van der Waals surface area contributed by atoms with Gasteiger partial charge in [0.1, 0.15) is 0 Å². The minimum atomic E-state index is 0.782. The van der Waals surface area contributed by atoms with Gasteiger partial charge in [0.05, 0.1) is 6.54 Å². The molecule has 0 aromatic carbocycles. The van der Waals surface area contributed by atoms with Crippen LogP contribution in [0.5, 0.6) is 0 Å². The molecule has 0 amide bonds. The minimum absolute atomic E-state index is 0.782. The van der Waals surface area contributed by atoms with Gasteiger partial charge in [-0.25, -0.2) is 10.4 Å². The Labute approximate surface area is 60.4 Å². The fourth-order valence-electron chi connectivity index (χ4n) is 0.671. The summed E-state index contributed by atoms with van der Waals surface area (Å²) >= 11 is 0. The number of guanidine groups is 1. The van der Waals surface area contributed by atoms with E-state index in [9.17, 15) is 0 Å². The Bertz CT molecular complexity index is 150. The molecule has 4 heteroatoms. The summed E-state index contributed by atoms with van der Waals surface area (Å²) in [7, 11) is 0. The zero-order valence-corrected chi connectivity index (χ0v) is 6.09. The lowest BCUT2D eigenvalue weighted by molar-refractivity contribution is 0.917. The summed E-state index contributed by atoms with van der Waals surface area (Å²) in [5.41, 5.74) is 2.79. The molecule has 0 aliphatic carbocycles. The van der Waals surface area contributed by atoms with Gasteiger partial charge in [0.15, 0.2) is 0 Å². The maximum atomic E-state index is 4.09. The molecular weight excluding hydrogens is 128 g/mol. The standard InChI is InChI=1S/C6H12N4/c1-2-3-9-10-6-7-4-5-8-6/h3H,2,4-5H2,1H3,(H2,7,8,10)/b9-3+. The van der Waals surface area contributed by atoms with E-state index in [0.717, 1.165) is 25.5 Å². The number of nitrogens with zero attached hydrogens (tertiary/aromatic N) is 2. The highest BCUT2D eigenvalue weighted by atomic mass is 15.4. The van der Waals surface area contributed by atoms with Crippen LogP contribution in [-0.2, 0) is 0 Å². The van der Waals surface area contributed by atoms with Crippen LogP contribution < -0.4 is 10.7 Å². The van der Waals surface area contributed by atoms with Crippen molar-refractivity contribution in [3.05, 3.63) is 0 Å². The topological polar surface area (TPSA) is 48.8 Å². The lowest BCUT2D eigenvalue weighted by atomic mass is 10.6. The molecule has 0 aromatic heterocycles. The van der Waals surface area contributed by atoms with E-state index in [1.807, 2.05) is 13.1 Å². The van der Waals surface area contributed by atoms with Crippen LogP contribution in [0.25, 0.3) is 0 Å². The molecule has 56 valence electrons. The second-order valence-electron chi connectivity index (χ2n) is 1.99. The molecule has 2 N–H and O–H groups in total. The number of aliphatic imine (C=N–C) groups is 1. The Morgan fingerprint density at radius 3 is 3.40 bits per heavy atom. The molecule has 0 atom stereocenters. The van der Waals surface area contributed by atoms with Crippen molar-refractivity contribution in [1.29, 1.82) is 0 Å². The molecule has 0 spiro atoms. The van der Waals surface area contributed by atoms with Crippen molar-refractivity contribution in [1.82, 2.24) is 10.7 Å². The smallest absolute Gasteiger partial charge is 0.212 e. The molecule has 0 bridgehead atoms. The number of rotatable bonds is 2. The Kier molecular flexibility index (Phi) is 2.73. The summed E-state index contributed by atoms with van der Waals surface area (Å²) < 4.78 is 0. The van der Waals surface area contributed by atoms with Crippen molar-refractivity contribution < 1.29 is 0 Å². The van der Waals surface area contributed by atoms with Gasteiger partial charge >= 0.3 is 0 Å². The SMILES string of the molecule is CC/C=N/NC1=NCCN1. The van der Waals surface area contributed by atoms with Crippen molar-refractivity contribution in [2.24, 2.45) is 10.1 Å². The molecule has 0 aromatic rings. The first-order valence-corrected chi connectivity index (χ1v) is 3.49. The van der Waals surface area contributed by atoms with Crippen LogP contribution >= 0.6 is 0 Å². The van der Waals surface area contributed by atoms with Crippen molar-refractivity contribution >= 4 is 12.2 Å². The van der Waals surface area contributed by atoms with Gasteiger partial charge in [-0.2, -0.15) is 5.10 Å². The van der Waals surface area contributed by atoms with Crippen LogP contribution in [0.3, 0.4) is 0 Å². The summed E-state index contributed by atoms with van der Waals surface area (Å²) in [6.07, 6.45) is 2.75. The van der Waals surface area contributed by atoms with Crippen LogP contribution in [-0.4, -0.2) is 25.3 Å². The van der Waals surface area contributed by atoms with Crippen LogP contribution in [0, 0.1) is 0 Å². The van der Waals surface area contributed by atoms with Crippen molar-refractivity contribution in [3.8, 4) is 0 Å². The third-order valence-corrected chi connectivity index (χ3v) is 1.12. The number of nitrogens with one attached hydrogen (secondary N) is 2. The number of hydrazone groups is 1. The quantitative estimate of drug-likeness (QED) is 0.416. The molecule has 0 unspecified atom stereocenters. The number of hydrogen-bond acceptors (Lipinski definition) is 4. The summed E-state index contributed by atoms with van der Waals surface area (Å²) in [6.45, 7) is 3.81. The highest BCUT2D eigenvalue weighted by molar-refractivity contribution is 5.81. The predicted molar refractivity (Wildman–Crippen MR) is 42.2 cm³/mol. The number of hydrogen-bond donors (Lipinski definition) is 2. The average Bonchev–Trinajstić information content (AvgIpc) is 2.41.